The van der Waals surface area contributed by atoms with E-state index in [2.05, 4.69) is 92.1 Å². The molecule has 0 spiro atoms. The minimum atomic E-state index is -1.58. The summed E-state index contributed by atoms with van der Waals surface area (Å²) in [5, 5.41) is 54.4. The number of hydrogen-bond donors (Lipinski definition) is 6. The van der Waals surface area contributed by atoms with Crippen LogP contribution >= 0.6 is 0 Å². The predicted molar refractivity (Wildman–Crippen MR) is 295 cm³/mol. The maximum atomic E-state index is 13.0. The van der Waals surface area contributed by atoms with Crippen LogP contribution in [0.4, 0.5) is 0 Å². The van der Waals surface area contributed by atoms with Gasteiger partial charge >= 0.3 is 0 Å². The Labute approximate surface area is 429 Å². The van der Waals surface area contributed by atoms with E-state index in [0.717, 1.165) is 77.0 Å². The fourth-order valence-corrected chi connectivity index (χ4v) is 8.65. The Balaban J connectivity index is 2.18. The monoisotopic (exact) mass is 982 g/mol. The fraction of sp³-hybridized carbons (Fsp3) is 0.754. The zero-order valence-corrected chi connectivity index (χ0v) is 44.7. The molecule has 0 bridgehead atoms. The maximum Gasteiger partial charge on any atom is 0.220 e. The molecular weight excluding hydrogens is 875 g/mol. The van der Waals surface area contributed by atoms with Crippen molar-refractivity contribution in [2.24, 2.45) is 0 Å². The molecule has 1 aliphatic rings. The van der Waals surface area contributed by atoms with Crippen molar-refractivity contribution in [2.45, 2.75) is 281 Å². The Bertz CT molecular complexity index is 1370. The SMILES string of the molecule is CC/C=C\C/C=C\C/C=C\C/C=C\CCCCCCCCCCCCCCCCCCCCC(=O)NC(COC1OC(CO)C(O)C(O)C1O)C(O)/C=C/CC/C=C/CC/C=C/CCCCCCCC. The first kappa shape index (κ1) is 65.4. The highest BCUT2D eigenvalue weighted by molar-refractivity contribution is 5.76. The van der Waals surface area contributed by atoms with E-state index in [4.69, 9.17) is 9.47 Å². The number of nitrogens with one attached hydrogen (secondary N) is 1. The van der Waals surface area contributed by atoms with Crippen LogP contribution in [-0.4, -0.2) is 87.5 Å². The lowest BCUT2D eigenvalue weighted by atomic mass is 9.99. The molecule has 1 amide bonds. The Morgan fingerprint density at radius 2 is 0.900 bits per heavy atom. The van der Waals surface area contributed by atoms with Crippen LogP contribution in [0.3, 0.4) is 0 Å². The molecule has 0 saturated carbocycles. The van der Waals surface area contributed by atoms with Crippen LogP contribution in [0.5, 0.6) is 0 Å². The van der Waals surface area contributed by atoms with Crippen LogP contribution in [0.2, 0.25) is 0 Å². The first-order valence-corrected chi connectivity index (χ1v) is 28.8. The molecule has 1 aliphatic heterocycles. The number of ether oxygens (including phenoxy) is 2. The van der Waals surface area contributed by atoms with Crippen molar-refractivity contribution < 1.29 is 39.8 Å². The van der Waals surface area contributed by atoms with Gasteiger partial charge in [-0.1, -0.05) is 234 Å². The van der Waals surface area contributed by atoms with Gasteiger partial charge in [-0.25, -0.2) is 0 Å². The molecule has 404 valence electrons. The first-order valence-electron chi connectivity index (χ1n) is 28.8. The lowest BCUT2D eigenvalue weighted by Gasteiger charge is -2.40. The number of aliphatic hydroxyl groups excluding tert-OH is 5. The van der Waals surface area contributed by atoms with Gasteiger partial charge in [0, 0.05) is 6.42 Å². The summed E-state index contributed by atoms with van der Waals surface area (Å²) < 4.78 is 11.2. The second kappa shape index (κ2) is 49.9. The van der Waals surface area contributed by atoms with E-state index >= 15 is 0 Å². The van der Waals surface area contributed by atoms with Gasteiger partial charge in [-0.05, 0) is 83.5 Å². The fourth-order valence-electron chi connectivity index (χ4n) is 8.65. The summed E-state index contributed by atoms with van der Waals surface area (Å²) in [5.41, 5.74) is 0. The number of carbonyl (C=O) groups excluding carboxylic acids is 1. The van der Waals surface area contributed by atoms with Gasteiger partial charge in [0.2, 0.25) is 5.91 Å². The van der Waals surface area contributed by atoms with E-state index in [1.54, 1.807) is 6.08 Å². The third-order valence-electron chi connectivity index (χ3n) is 13.2. The molecule has 0 aromatic rings. The molecule has 9 nitrogen and oxygen atoms in total. The molecule has 1 saturated heterocycles. The number of hydrogen-bond acceptors (Lipinski definition) is 8. The molecule has 70 heavy (non-hydrogen) atoms. The van der Waals surface area contributed by atoms with Crippen molar-refractivity contribution in [2.75, 3.05) is 13.2 Å². The molecular formula is C61H107NO8. The van der Waals surface area contributed by atoms with Gasteiger partial charge in [-0.2, -0.15) is 0 Å². The maximum absolute atomic E-state index is 13.0. The van der Waals surface area contributed by atoms with Crippen molar-refractivity contribution in [1.29, 1.82) is 0 Å². The number of carbonyl (C=O) groups is 1. The van der Waals surface area contributed by atoms with E-state index in [1.807, 2.05) is 6.08 Å². The van der Waals surface area contributed by atoms with Crippen molar-refractivity contribution in [3.05, 3.63) is 85.1 Å². The normalized spacial score (nSPS) is 20.0. The van der Waals surface area contributed by atoms with Gasteiger partial charge in [0.1, 0.15) is 24.4 Å². The average molecular weight is 983 g/mol. The van der Waals surface area contributed by atoms with Crippen molar-refractivity contribution >= 4 is 5.91 Å². The predicted octanol–water partition coefficient (Wildman–Crippen LogP) is 14.2. The first-order chi connectivity index (χ1) is 34.3. The zero-order chi connectivity index (χ0) is 50.8. The lowest BCUT2D eigenvalue weighted by molar-refractivity contribution is -0.302. The highest BCUT2D eigenvalue weighted by Crippen LogP contribution is 2.23. The highest BCUT2D eigenvalue weighted by Gasteiger charge is 2.44. The van der Waals surface area contributed by atoms with Gasteiger partial charge in [0.05, 0.1) is 25.4 Å². The molecule has 7 atom stereocenters. The molecule has 1 fully saturated rings. The van der Waals surface area contributed by atoms with E-state index in [-0.39, 0.29) is 12.5 Å². The van der Waals surface area contributed by atoms with Gasteiger partial charge in [0.25, 0.3) is 0 Å². The molecule has 0 aliphatic carbocycles. The number of aliphatic hydroxyl groups is 5. The standard InChI is InChI=1S/C61H107NO8/c1-3-5-7-9-11-13-15-17-19-21-22-23-24-25-26-27-28-29-30-31-32-33-34-35-37-39-41-43-45-47-49-51-57(65)62-54(53-69-61-60(68)59(67)58(66)56(52-63)70-61)55(64)50-48-46-44-42-40-38-36-20-18-16-14-12-10-8-6-4-2/h5,7,11,13,17-20,22-23,40,42,48,50,54-56,58-61,63-64,66-68H,3-4,6,8-10,12,14-16,21,24-39,41,43-47,49,51-53H2,1-2H3,(H,62,65)/b7-5-,13-11-,19-17-,20-18+,23-22-,42-40+,50-48+. The number of unbranched alkanes of at least 4 members (excludes halogenated alkanes) is 26. The minimum Gasteiger partial charge on any atom is -0.394 e. The smallest absolute Gasteiger partial charge is 0.220 e. The van der Waals surface area contributed by atoms with Crippen LogP contribution in [0.15, 0.2) is 85.1 Å². The van der Waals surface area contributed by atoms with Gasteiger partial charge in [-0.15, -0.1) is 0 Å². The Kier molecular flexibility index (Phi) is 46.6. The summed E-state index contributed by atoms with van der Waals surface area (Å²) in [7, 11) is 0. The summed E-state index contributed by atoms with van der Waals surface area (Å²) in [6, 6.07) is -0.831. The summed E-state index contributed by atoms with van der Waals surface area (Å²) in [5.74, 6) is -0.192. The van der Waals surface area contributed by atoms with Crippen molar-refractivity contribution in [3.8, 4) is 0 Å². The van der Waals surface area contributed by atoms with Crippen LogP contribution in [0.25, 0.3) is 0 Å². The molecule has 0 aromatic carbocycles. The number of rotatable bonds is 48. The number of allylic oxidation sites excluding steroid dienone is 13. The van der Waals surface area contributed by atoms with Crippen LogP contribution in [0.1, 0.15) is 239 Å². The second-order valence-corrected chi connectivity index (χ2v) is 19.7. The Morgan fingerprint density at radius 3 is 1.37 bits per heavy atom. The van der Waals surface area contributed by atoms with Crippen molar-refractivity contribution in [1.82, 2.24) is 5.32 Å². The highest BCUT2D eigenvalue weighted by atomic mass is 16.7. The Hall–Kier alpha value is -2.63. The molecule has 7 unspecified atom stereocenters. The molecule has 9 heteroatoms. The van der Waals surface area contributed by atoms with E-state index < -0.39 is 49.5 Å². The van der Waals surface area contributed by atoms with Crippen molar-refractivity contribution in [3.63, 3.8) is 0 Å². The largest absolute Gasteiger partial charge is 0.394 e. The lowest BCUT2D eigenvalue weighted by Crippen LogP contribution is -2.60. The van der Waals surface area contributed by atoms with Crippen LogP contribution < -0.4 is 5.32 Å². The van der Waals surface area contributed by atoms with Gasteiger partial charge in [-0.3, -0.25) is 4.79 Å². The average Bonchev–Trinajstić information content (AvgIpc) is 3.36. The molecule has 1 rings (SSSR count). The van der Waals surface area contributed by atoms with E-state index in [9.17, 15) is 30.3 Å². The summed E-state index contributed by atoms with van der Waals surface area (Å²) in [4.78, 5) is 13.0. The third-order valence-corrected chi connectivity index (χ3v) is 13.2. The second-order valence-electron chi connectivity index (χ2n) is 19.7. The molecule has 0 radical (unpaired) electrons. The molecule has 1 heterocycles. The van der Waals surface area contributed by atoms with E-state index in [0.29, 0.717) is 6.42 Å². The third kappa shape index (κ3) is 39.0. The van der Waals surface area contributed by atoms with Crippen LogP contribution in [-0.2, 0) is 14.3 Å². The summed E-state index contributed by atoms with van der Waals surface area (Å²) in [6.07, 6.45) is 63.7. The van der Waals surface area contributed by atoms with Gasteiger partial charge in [0.15, 0.2) is 6.29 Å². The number of amides is 1. The van der Waals surface area contributed by atoms with Crippen LogP contribution in [0, 0.1) is 0 Å². The topological polar surface area (TPSA) is 149 Å². The molecule has 6 N–H and O–H groups in total. The zero-order valence-electron chi connectivity index (χ0n) is 44.7. The quantitative estimate of drug-likeness (QED) is 0.0261. The summed E-state index contributed by atoms with van der Waals surface area (Å²) >= 11 is 0. The van der Waals surface area contributed by atoms with Gasteiger partial charge < -0.3 is 40.3 Å². The van der Waals surface area contributed by atoms with E-state index in [1.165, 1.54) is 141 Å². The summed E-state index contributed by atoms with van der Waals surface area (Å²) in [6.45, 7) is 3.64. The minimum absolute atomic E-state index is 0.192. The Morgan fingerprint density at radius 1 is 0.500 bits per heavy atom. The molecule has 0 aromatic heterocycles.